The molecule has 0 spiro atoms. The molecule has 10 aromatic rings. The normalized spacial score (nSPS) is 19.4. The second-order valence-corrected chi connectivity index (χ2v) is 16.2. The number of fused-ring (bicyclic) bond motifs is 12. The van der Waals surface area contributed by atoms with Crippen LogP contribution in [-0.4, -0.2) is 10.3 Å². The first-order valence-electron chi connectivity index (χ1n) is 20.2. The van der Waals surface area contributed by atoms with E-state index in [4.69, 9.17) is 4.99 Å². The largest absolute Gasteiger partial charge is 0.309 e. The van der Waals surface area contributed by atoms with Gasteiger partial charge in [-0.25, -0.2) is 0 Å². The molecule has 57 heavy (non-hydrogen) atoms. The van der Waals surface area contributed by atoms with E-state index >= 15 is 0 Å². The third kappa shape index (κ3) is 4.27. The Morgan fingerprint density at radius 2 is 1.14 bits per heavy atom. The Morgan fingerprint density at radius 1 is 0.474 bits per heavy atom. The van der Waals surface area contributed by atoms with Gasteiger partial charge in [-0.15, -0.1) is 0 Å². The molecule has 3 heteroatoms. The summed E-state index contributed by atoms with van der Waals surface area (Å²) >= 11 is 0. The molecule has 3 heterocycles. The Bertz CT molecular complexity index is 3370. The Balaban J connectivity index is 1.16. The molecule has 0 fully saturated rings. The number of para-hydroxylation sites is 1. The SMILES string of the molecule is CC1c2cc3c4c5c6c(cccc6ccc5n(c4c2)-c2ccccc2C2=NC(c4cccc5ccc6ccccc6c45)NC(c4ccccc4)[C@@H]21)-c1ccccc1-3. The van der Waals surface area contributed by atoms with Crippen LogP contribution in [0.4, 0.5) is 0 Å². The maximum absolute atomic E-state index is 5.94. The Kier molecular flexibility index (Phi) is 6.40. The molecule has 9 aromatic carbocycles. The molecule has 1 aliphatic carbocycles. The van der Waals surface area contributed by atoms with Gasteiger partial charge in [-0.1, -0.05) is 165 Å². The van der Waals surface area contributed by atoms with Gasteiger partial charge in [-0.2, -0.15) is 0 Å². The predicted molar refractivity (Wildman–Crippen MR) is 238 cm³/mol. The van der Waals surface area contributed by atoms with Crippen LogP contribution in [0.2, 0.25) is 0 Å². The number of aromatic nitrogens is 1. The van der Waals surface area contributed by atoms with Crippen molar-refractivity contribution < 1.29 is 0 Å². The van der Waals surface area contributed by atoms with E-state index in [1.165, 1.54) is 104 Å². The first-order chi connectivity index (χ1) is 28.2. The lowest BCUT2D eigenvalue weighted by Gasteiger charge is -2.41. The molecule has 3 nitrogen and oxygen atoms in total. The summed E-state index contributed by atoms with van der Waals surface area (Å²) in [7, 11) is 0. The molecule has 268 valence electrons. The predicted octanol–water partition coefficient (Wildman–Crippen LogP) is 13.5. The van der Waals surface area contributed by atoms with Crippen molar-refractivity contribution in [2.75, 3.05) is 0 Å². The summed E-state index contributed by atoms with van der Waals surface area (Å²) in [5.74, 6) is 0.175. The quantitative estimate of drug-likeness (QED) is 0.177. The van der Waals surface area contributed by atoms with E-state index in [0.29, 0.717) is 0 Å². The molecule has 1 aromatic heterocycles. The van der Waals surface area contributed by atoms with Crippen molar-refractivity contribution in [1.29, 1.82) is 0 Å². The number of hydrogen-bond donors (Lipinski definition) is 1. The van der Waals surface area contributed by atoms with Gasteiger partial charge in [0, 0.05) is 28.3 Å². The first-order valence-corrected chi connectivity index (χ1v) is 20.2. The van der Waals surface area contributed by atoms with E-state index in [0.717, 1.165) is 5.71 Å². The van der Waals surface area contributed by atoms with Crippen LogP contribution in [0.5, 0.6) is 0 Å². The number of aliphatic imine (C=N–C) groups is 1. The van der Waals surface area contributed by atoms with Crippen LogP contribution in [-0.2, 0) is 0 Å². The number of nitrogens with zero attached hydrogens (tertiary/aromatic N) is 2. The van der Waals surface area contributed by atoms with Gasteiger partial charge in [0.05, 0.1) is 22.4 Å². The smallest absolute Gasteiger partial charge is 0.127 e. The molecule has 3 unspecified atom stereocenters. The van der Waals surface area contributed by atoms with Crippen molar-refractivity contribution in [2.45, 2.75) is 25.0 Å². The van der Waals surface area contributed by atoms with Crippen molar-refractivity contribution in [1.82, 2.24) is 9.88 Å². The summed E-state index contributed by atoms with van der Waals surface area (Å²) in [4.78, 5) is 5.94. The van der Waals surface area contributed by atoms with Crippen molar-refractivity contribution in [2.24, 2.45) is 10.9 Å². The Labute approximate surface area is 330 Å². The average molecular weight is 728 g/mol. The topological polar surface area (TPSA) is 29.3 Å². The lowest BCUT2D eigenvalue weighted by molar-refractivity contribution is 0.336. The third-order valence-corrected chi connectivity index (χ3v) is 13.4. The minimum atomic E-state index is -0.266. The average Bonchev–Trinajstić information content (AvgIpc) is 3.56. The van der Waals surface area contributed by atoms with Crippen molar-refractivity contribution in [3.8, 4) is 27.9 Å². The summed E-state index contributed by atoms with van der Waals surface area (Å²) < 4.78 is 2.56. The second kappa shape index (κ2) is 11.6. The molecule has 0 saturated carbocycles. The van der Waals surface area contributed by atoms with Crippen molar-refractivity contribution >= 4 is 59.8 Å². The summed E-state index contributed by atoms with van der Waals surface area (Å²) in [6.07, 6.45) is -0.266. The van der Waals surface area contributed by atoms with Crippen LogP contribution < -0.4 is 5.32 Å². The van der Waals surface area contributed by atoms with Crippen LogP contribution in [0.1, 0.15) is 47.3 Å². The number of nitrogens with one attached hydrogen (secondary N) is 1. The maximum atomic E-state index is 5.94. The van der Waals surface area contributed by atoms with Crippen LogP contribution in [0, 0.1) is 5.92 Å². The van der Waals surface area contributed by atoms with Gasteiger partial charge in [-0.3, -0.25) is 10.3 Å². The second-order valence-electron chi connectivity index (χ2n) is 16.2. The fraction of sp³-hybridized carbons (Fsp3) is 0.0926. The van der Waals surface area contributed by atoms with Gasteiger partial charge >= 0.3 is 0 Å². The van der Waals surface area contributed by atoms with E-state index in [-0.39, 0.29) is 24.0 Å². The van der Waals surface area contributed by atoms with Gasteiger partial charge in [-0.05, 0) is 95.4 Å². The minimum absolute atomic E-state index is 0.00260. The summed E-state index contributed by atoms with van der Waals surface area (Å²) in [6.45, 7) is 2.44. The van der Waals surface area contributed by atoms with Gasteiger partial charge in [0.25, 0.3) is 0 Å². The molecule has 2 aliphatic heterocycles. The maximum Gasteiger partial charge on any atom is 0.127 e. The van der Waals surface area contributed by atoms with E-state index in [1.807, 2.05) is 0 Å². The third-order valence-electron chi connectivity index (χ3n) is 13.4. The molecule has 2 bridgehead atoms. The number of rotatable bonds is 2. The number of benzene rings is 9. The van der Waals surface area contributed by atoms with Gasteiger partial charge < -0.3 is 4.57 Å². The van der Waals surface area contributed by atoms with Gasteiger partial charge in [0.15, 0.2) is 0 Å². The highest BCUT2D eigenvalue weighted by Crippen LogP contribution is 2.53. The summed E-state index contributed by atoms with van der Waals surface area (Å²) in [5, 5.41) is 14.5. The fourth-order valence-corrected chi connectivity index (χ4v) is 10.9. The zero-order valence-corrected chi connectivity index (χ0v) is 31.4. The molecule has 4 atom stereocenters. The monoisotopic (exact) mass is 727 g/mol. The zero-order chi connectivity index (χ0) is 37.4. The highest BCUT2D eigenvalue weighted by Gasteiger charge is 2.42. The van der Waals surface area contributed by atoms with E-state index < -0.39 is 0 Å². The first kappa shape index (κ1) is 31.4. The minimum Gasteiger partial charge on any atom is -0.309 e. The van der Waals surface area contributed by atoms with Crippen LogP contribution >= 0.6 is 0 Å². The Morgan fingerprint density at radius 3 is 2.02 bits per heavy atom. The van der Waals surface area contributed by atoms with Gasteiger partial charge in [0.1, 0.15) is 6.17 Å². The van der Waals surface area contributed by atoms with Crippen LogP contribution in [0.15, 0.2) is 181 Å². The standard InChI is InChI=1S/C54H37N3/c1-31-36-29-43-39-20-8-7-19-38(39)40-22-11-17-34-27-28-45-51(49(34)40)50(43)46(30-36)57(45)44-24-10-9-21-41(44)53-47(31)52(35-14-3-2-4-15-35)55-54(56-53)42-23-12-16-33-26-25-32-13-5-6-18-37(32)48(33)42/h2-31,47,52,54-55H,1H3/t31?,47-,52?,54?/m0/s1. The summed E-state index contributed by atoms with van der Waals surface area (Å²) in [6, 6.07) is 65.7. The highest BCUT2D eigenvalue weighted by molar-refractivity contribution is 6.31. The molecular weight excluding hydrogens is 691 g/mol. The molecule has 3 aliphatic rings. The zero-order valence-electron chi connectivity index (χ0n) is 31.4. The molecular formula is C54H37N3. The fourth-order valence-electron chi connectivity index (χ4n) is 10.9. The van der Waals surface area contributed by atoms with E-state index in [1.54, 1.807) is 0 Å². The van der Waals surface area contributed by atoms with Gasteiger partial charge in [0.2, 0.25) is 0 Å². The van der Waals surface area contributed by atoms with E-state index in [2.05, 4.69) is 193 Å². The molecule has 0 saturated heterocycles. The summed E-state index contributed by atoms with van der Waals surface area (Å²) in [5.41, 5.74) is 15.1. The Hall–Kier alpha value is -6.81. The van der Waals surface area contributed by atoms with Crippen molar-refractivity contribution in [3.63, 3.8) is 0 Å². The number of hydrogen-bond acceptors (Lipinski definition) is 2. The highest BCUT2D eigenvalue weighted by atomic mass is 15.1. The lowest BCUT2D eigenvalue weighted by Crippen LogP contribution is -2.43. The van der Waals surface area contributed by atoms with E-state index in [9.17, 15) is 0 Å². The molecule has 13 rings (SSSR count). The molecule has 0 radical (unpaired) electrons. The van der Waals surface area contributed by atoms with Crippen molar-refractivity contribution in [3.05, 3.63) is 198 Å². The lowest BCUT2D eigenvalue weighted by atomic mass is 9.73. The van der Waals surface area contributed by atoms with Crippen LogP contribution in [0.3, 0.4) is 0 Å². The molecule has 0 amide bonds. The molecule has 1 N–H and O–H groups in total. The van der Waals surface area contributed by atoms with Crippen LogP contribution in [0.25, 0.3) is 82.1 Å².